The average Bonchev–Trinajstić information content (AvgIpc) is 2.84. The SMILES string of the molecule is CCCOCCNC(=O)c1ccc(C)nc1C1CCN(C(=S)NCCC2=CCCCC2)CC1. The highest BCUT2D eigenvalue weighted by molar-refractivity contribution is 7.80. The second-order valence-electron chi connectivity index (χ2n) is 9.11. The number of pyridine rings is 1. The predicted octanol–water partition coefficient (Wildman–Crippen LogP) is 4.49. The molecular formula is C26H40N4O2S. The monoisotopic (exact) mass is 472 g/mol. The molecule has 1 aromatic heterocycles. The maximum absolute atomic E-state index is 12.8. The van der Waals surface area contributed by atoms with Gasteiger partial charge in [-0.15, -0.1) is 0 Å². The molecule has 0 unspecified atom stereocenters. The average molecular weight is 473 g/mol. The normalized spacial score (nSPS) is 16.9. The summed E-state index contributed by atoms with van der Waals surface area (Å²) in [6.45, 7) is 8.53. The summed E-state index contributed by atoms with van der Waals surface area (Å²) in [5, 5.41) is 7.29. The highest BCUT2D eigenvalue weighted by atomic mass is 32.1. The molecule has 1 fully saturated rings. The molecule has 1 aliphatic heterocycles. The number of ether oxygens (including phenoxy) is 1. The number of hydrogen-bond donors (Lipinski definition) is 2. The van der Waals surface area contributed by atoms with Crippen molar-refractivity contribution in [3.8, 4) is 0 Å². The highest BCUT2D eigenvalue weighted by Crippen LogP contribution is 2.29. The fourth-order valence-corrected chi connectivity index (χ4v) is 4.87. The molecule has 2 N–H and O–H groups in total. The van der Waals surface area contributed by atoms with E-state index in [-0.39, 0.29) is 11.8 Å². The number of thiocarbonyl (C=S) groups is 1. The van der Waals surface area contributed by atoms with E-state index in [4.69, 9.17) is 21.9 Å². The van der Waals surface area contributed by atoms with Crippen LogP contribution in [0.25, 0.3) is 0 Å². The standard InChI is InChI=1S/C26H40N4O2S/c1-3-18-32-19-15-27-25(31)23-10-9-20(2)29-24(23)22-12-16-30(17-13-22)26(33)28-14-11-21-7-5-4-6-8-21/h7,9-10,22H,3-6,8,11-19H2,1-2H3,(H,27,31)(H,28,33). The number of carbonyl (C=O) groups is 1. The number of hydrogen-bond acceptors (Lipinski definition) is 4. The summed E-state index contributed by atoms with van der Waals surface area (Å²) in [6.07, 6.45) is 11.5. The van der Waals surface area contributed by atoms with Crippen LogP contribution < -0.4 is 10.6 Å². The molecule has 1 saturated heterocycles. The Kier molecular flexibility index (Phi) is 10.6. The van der Waals surface area contributed by atoms with Crippen molar-refractivity contribution < 1.29 is 9.53 Å². The summed E-state index contributed by atoms with van der Waals surface area (Å²) in [4.78, 5) is 19.9. The summed E-state index contributed by atoms with van der Waals surface area (Å²) >= 11 is 5.67. The zero-order chi connectivity index (χ0) is 23.5. The first-order chi connectivity index (χ1) is 16.1. The van der Waals surface area contributed by atoms with Crippen molar-refractivity contribution in [3.63, 3.8) is 0 Å². The Balaban J connectivity index is 1.49. The third-order valence-electron chi connectivity index (χ3n) is 6.47. The number of allylic oxidation sites excluding steroid dienone is 1. The lowest BCUT2D eigenvalue weighted by molar-refractivity contribution is 0.0913. The van der Waals surface area contributed by atoms with E-state index in [1.807, 2.05) is 19.1 Å². The van der Waals surface area contributed by atoms with E-state index in [0.717, 1.165) is 68.4 Å². The fraction of sp³-hybridized carbons (Fsp3) is 0.654. The van der Waals surface area contributed by atoms with Crippen LogP contribution in [0.15, 0.2) is 23.8 Å². The van der Waals surface area contributed by atoms with Gasteiger partial charge in [0.2, 0.25) is 0 Å². The third-order valence-corrected chi connectivity index (χ3v) is 6.87. The maximum Gasteiger partial charge on any atom is 0.253 e. The van der Waals surface area contributed by atoms with Gasteiger partial charge in [0.1, 0.15) is 0 Å². The van der Waals surface area contributed by atoms with Gasteiger partial charge in [-0.1, -0.05) is 18.6 Å². The second-order valence-corrected chi connectivity index (χ2v) is 9.49. The van der Waals surface area contributed by atoms with Gasteiger partial charge >= 0.3 is 0 Å². The number of carbonyl (C=O) groups excluding carboxylic acids is 1. The number of nitrogens with zero attached hydrogens (tertiary/aromatic N) is 2. The largest absolute Gasteiger partial charge is 0.380 e. The number of rotatable bonds is 10. The summed E-state index contributed by atoms with van der Waals surface area (Å²) in [5.74, 6) is 0.211. The first-order valence-electron chi connectivity index (χ1n) is 12.6. The summed E-state index contributed by atoms with van der Waals surface area (Å²) in [6, 6.07) is 3.83. The molecule has 6 nitrogen and oxygen atoms in total. The van der Waals surface area contributed by atoms with Crippen LogP contribution >= 0.6 is 12.2 Å². The molecule has 3 rings (SSSR count). The van der Waals surface area contributed by atoms with Crippen molar-refractivity contribution in [2.24, 2.45) is 0 Å². The fourth-order valence-electron chi connectivity index (χ4n) is 4.59. The van der Waals surface area contributed by atoms with Gasteiger partial charge in [-0.05, 0) is 82.6 Å². The van der Waals surface area contributed by atoms with Crippen molar-refractivity contribution in [2.75, 3.05) is 39.4 Å². The Hall–Kier alpha value is -1.99. The van der Waals surface area contributed by atoms with Gasteiger partial charge in [-0.25, -0.2) is 0 Å². The number of aromatic nitrogens is 1. The highest BCUT2D eigenvalue weighted by Gasteiger charge is 2.27. The van der Waals surface area contributed by atoms with Gasteiger partial charge in [-0.3, -0.25) is 9.78 Å². The van der Waals surface area contributed by atoms with E-state index < -0.39 is 0 Å². The summed E-state index contributed by atoms with van der Waals surface area (Å²) in [7, 11) is 0. The molecule has 0 atom stereocenters. The molecule has 182 valence electrons. The second kappa shape index (κ2) is 13.7. The van der Waals surface area contributed by atoms with Gasteiger partial charge in [0.05, 0.1) is 17.9 Å². The van der Waals surface area contributed by atoms with Crippen LogP contribution in [0.5, 0.6) is 0 Å². The molecule has 0 bridgehead atoms. The lowest BCUT2D eigenvalue weighted by Crippen LogP contribution is -2.44. The van der Waals surface area contributed by atoms with E-state index in [1.165, 1.54) is 25.7 Å². The van der Waals surface area contributed by atoms with Crippen molar-refractivity contribution in [2.45, 2.75) is 71.1 Å². The smallest absolute Gasteiger partial charge is 0.253 e. The number of amides is 1. The van der Waals surface area contributed by atoms with Crippen LogP contribution in [0, 0.1) is 6.92 Å². The Morgan fingerprint density at radius 1 is 1.18 bits per heavy atom. The minimum Gasteiger partial charge on any atom is -0.380 e. The Morgan fingerprint density at radius 2 is 2.00 bits per heavy atom. The minimum absolute atomic E-state index is 0.0609. The number of likely N-dealkylation sites (tertiary alicyclic amines) is 1. The molecule has 1 amide bonds. The van der Waals surface area contributed by atoms with E-state index >= 15 is 0 Å². The van der Waals surface area contributed by atoms with Crippen LogP contribution in [-0.2, 0) is 4.74 Å². The lowest BCUT2D eigenvalue weighted by Gasteiger charge is -2.34. The third kappa shape index (κ3) is 8.07. The zero-order valence-corrected chi connectivity index (χ0v) is 21.1. The first kappa shape index (κ1) is 25.6. The van der Waals surface area contributed by atoms with Crippen LogP contribution in [0.1, 0.15) is 86.0 Å². The minimum atomic E-state index is -0.0609. The Bertz CT molecular complexity index is 819. The molecule has 1 aliphatic carbocycles. The van der Waals surface area contributed by atoms with E-state index in [1.54, 1.807) is 5.57 Å². The zero-order valence-electron chi connectivity index (χ0n) is 20.3. The molecule has 33 heavy (non-hydrogen) atoms. The molecule has 2 heterocycles. The molecular weight excluding hydrogens is 432 g/mol. The van der Waals surface area contributed by atoms with Crippen LogP contribution in [0.3, 0.4) is 0 Å². The summed E-state index contributed by atoms with van der Waals surface area (Å²) < 4.78 is 5.47. The van der Waals surface area contributed by atoms with Gasteiger partial charge in [0, 0.05) is 44.4 Å². The molecule has 0 saturated carbocycles. The van der Waals surface area contributed by atoms with E-state index in [2.05, 4.69) is 28.5 Å². The molecule has 7 heteroatoms. The van der Waals surface area contributed by atoms with Crippen molar-refractivity contribution in [1.29, 1.82) is 0 Å². The molecule has 1 aromatic rings. The van der Waals surface area contributed by atoms with Crippen molar-refractivity contribution >= 4 is 23.2 Å². The number of nitrogens with one attached hydrogen (secondary N) is 2. The van der Waals surface area contributed by atoms with Gasteiger partial charge in [-0.2, -0.15) is 0 Å². The van der Waals surface area contributed by atoms with Crippen LogP contribution in [0.4, 0.5) is 0 Å². The van der Waals surface area contributed by atoms with Crippen molar-refractivity contribution in [1.82, 2.24) is 20.5 Å². The van der Waals surface area contributed by atoms with Crippen LogP contribution in [0.2, 0.25) is 0 Å². The van der Waals surface area contributed by atoms with Crippen molar-refractivity contribution in [3.05, 3.63) is 40.7 Å². The van der Waals surface area contributed by atoms with Gasteiger partial charge < -0.3 is 20.3 Å². The van der Waals surface area contributed by atoms with Gasteiger partial charge in [0.15, 0.2) is 5.11 Å². The summed E-state index contributed by atoms with van der Waals surface area (Å²) in [5.41, 5.74) is 4.13. The predicted molar refractivity (Wildman–Crippen MR) is 138 cm³/mol. The van der Waals surface area contributed by atoms with E-state index in [0.29, 0.717) is 18.7 Å². The molecule has 0 spiro atoms. The number of aryl methyl sites for hydroxylation is 1. The Morgan fingerprint density at radius 3 is 2.73 bits per heavy atom. The van der Waals surface area contributed by atoms with Crippen LogP contribution in [-0.4, -0.2) is 60.3 Å². The lowest BCUT2D eigenvalue weighted by atomic mass is 9.90. The molecule has 0 radical (unpaired) electrons. The Labute approximate surface area is 204 Å². The quantitative estimate of drug-likeness (QED) is 0.297. The maximum atomic E-state index is 12.8. The molecule has 2 aliphatic rings. The topological polar surface area (TPSA) is 66.5 Å². The van der Waals surface area contributed by atoms with Gasteiger partial charge in [0.25, 0.3) is 5.91 Å². The molecule has 0 aromatic carbocycles. The number of piperidine rings is 1. The van der Waals surface area contributed by atoms with E-state index in [9.17, 15) is 4.79 Å². The first-order valence-corrected chi connectivity index (χ1v) is 13.0.